The average molecular weight is 481 g/mol. The Morgan fingerprint density at radius 2 is 1.97 bits per heavy atom. The number of rotatable bonds is 10. The first kappa shape index (κ1) is 26.9. The van der Waals surface area contributed by atoms with Crippen molar-refractivity contribution in [2.75, 3.05) is 20.3 Å². The number of hydrogen-bond donors (Lipinski definition) is 0. The Hall–Kier alpha value is -0.693. The Bertz CT molecular complexity index is 662. The fraction of sp³-hybridized carbons (Fsp3) is 0.889. The number of unbranched alkanes of at least 4 members (excludes halogenated alkanes) is 1. The molecule has 1 aliphatic heterocycles. The number of carbonyl (C=O) groups excluding carboxylic acids is 1. The van der Waals surface area contributed by atoms with Crippen LogP contribution in [0.15, 0.2) is 11.6 Å². The molecule has 0 radical (unpaired) electrons. The standard InChI is InChI=1S/C27H48O5Si/c1-27(2,3)33(5,6)31-19-23-22-15-14-20(11-7-8-12-25(28)29-4)17-21(22)18-24(23)32-26-13-9-10-16-30-26/h17,21-24,26H,7-16,18-19H2,1-6H3/t21-,22-,23?,24?,26?/m1/s1. The van der Waals surface area contributed by atoms with Crippen molar-refractivity contribution < 1.29 is 23.4 Å². The van der Waals surface area contributed by atoms with E-state index < -0.39 is 8.32 Å². The molecule has 2 fully saturated rings. The summed E-state index contributed by atoms with van der Waals surface area (Å²) in [6.07, 6.45) is 13.2. The van der Waals surface area contributed by atoms with Gasteiger partial charge in [0.2, 0.25) is 0 Å². The molecule has 3 rings (SSSR count). The normalized spacial score (nSPS) is 30.6. The van der Waals surface area contributed by atoms with Crippen molar-refractivity contribution in [1.82, 2.24) is 0 Å². The highest BCUT2D eigenvalue weighted by Crippen LogP contribution is 2.48. The Labute approximate surface area is 203 Å². The number of methoxy groups -OCH3 is 1. The van der Waals surface area contributed by atoms with E-state index in [4.69, 9.17) is 18.6 Å². The maximum atomic E-state index is 11.4. The molecule has 0 aromatic rings. The van der Waals surface area contributed by atoms with Gasteiger partial charge in [-0.15, -0.1) is 0 Å². The minimum absolute atomic E-state index is 0.0407. The van der Waals surface area contributed by atoms with Crippen LogP contribution in [-0.4, -0.2) is 47.0 Å². The smallest absolute Gasteiger partial charge is 0.305 e. The van der Waals surface area contributed by atoms with Gasteiger partial charge in [0, 0.05) is 25.6 Å². The van der Waals surface area contributed by atoms with Gasteiger partial charge in [0.25, 0.3) is 0 Å². The van der Waals surface area contributed by atoms with E-state index in [1.165, 1.54) is 26.4 Å². The lowest BCUT2D eigenvalue weighted by molar-refractivity contribution is -0.197. The van der Waals surface area contributed by atoms with Gasteiger partial charge in [-0.1, -0.05) is 32.4 Å². The zero-order valence-electron chi connectivity index (χ0n) is 22.0. The zero-order valence-corrected chi connectivity index (χ0v) is 23.0. The molecule has 0 amide bonds. The summed E-state index contributed by atoms with van der Waals surface area (Å²) in [4.78, 5) is 11.4. The molecule has 3 aliphatic rings. The summed E-state index contributed by atoms with van der Waals surface area (Å²) in [5.74, 6) is 1.57. The maximum Gasteiger partial charge on any atom is 0.305 e. The molecule has 6 heteroatoms. The Kier molecular flexibility index (Phi) is 9.64. The second-order valence-electron chi connectivity index (χ2n) is 11.9. The molecule has 2 aliphatic carbocycles. The van der Waals surface area contributed by atoms with E-state index in [1.807, 2.05) is 0 Å². The Morgan fingerprint density at radius 1 is 1.18 bits per heavy atom. The van der Waals surface area contributed by atoms with Crippen molar-refractivity contribution in [3.05, 3.63) is 11.6 Å². The third-order valence-electron chi connectivity index (χ3n) is 8.59. The summed E-state index contributed by atoms with van der Waals surface area (Å²) >= 11 is 0. The van der Waals surface area contributed by atoms with Crippen molar-refractivity contribution >= 4 is 14.3 Å². The van der Waals surface area contributed by atoms with Gasteiger partial charge in [0.15, 0.2) is 14.6 Å². The van der Waals surface area contributed by atoms with Crippen LogP contribution in [-0.2, 0) is 23.4 Å². The molecule has 0 bridgehead atoms. The SMILES string of the molecule is COC(=O)CCCCC1=C[C@@H]2CC(OC3CCCCO3)C(CO[Si](C)(C)C(C)(C)C)[C@@H]2CC1. The minimum atomic E-state index is -1.80. The third-order valence-corrected chi connectivity index (χ3v) is 13.1. The van der Waals surface area contributed by atoms with E-state index in [-0.39, 0.29) is 23.4 Å². The fourth-order valence-corrected chi connectivity index (χ4v) is 6.46. The monoisotopic (exact) mass is 480 g/mol. The van der Waals surface area contributed by atoms with Crippen LogP contribution in [0.4, 0.5) is 0 Å². The van der Waals surface area contributed by atoms with Crippen LogP contribution in [0.5, 0.6) is 0 Å². The quantitative estimate of drug-likeness (QED) is 0.152. The predicted molar refractivity (Wildman–Crippen MR) is 135 cm³/mol. The molecule has 3 unspecified atom stereocenters. The number of allylic oxidation sites excluding steroid dienone is 2. The van der Waals surface area contributed by atoms with Gasteiger partial charge in [-0.25, -0.2) is 0 Å². The van der Waals surface area contributed by atoms with E-state index in [0.717, 1.165) is 51.7 Å². The predicted octanol–water partition coefficient (Wildman–Crippen LogP) is 6.63. The van der Waals surface area contributed by atoms with Gasteiger partial charge in [-0.05, 0) is 87.8 Å². The van der Waals surface area contributed by atoms with Gasteiger partial charge < -0.3 is 18.6 Å². The molecule has 1 heterocycles. The van der Waals surface area contributed by atoms with Gasteiger partial charge in [-0.2, -0.15) is 0 Å². The van der Waals surface area contributed by atoms with Crippen molar-refractivity contribution in [3.8, 4) is 0 Å². The number of carbonyl (C=O) groups is 1. The van der Waals surface area contributed by atoms with Gasteiger partial charge in [0.05, 0.1) is 13.2 Å². The second-order valence-corrected chi connectivity index (χ2v) is 16.7. The van der Waals surface area contributed by atoms with Crippen molar-refractivity contribution in [2.45, 2.75) is 116 Å². The molecule has 0 N–H and O–H groups in total. The summed E-state index contributed by atoms with van der Waals surface area (Å²) < 4.78 is 24.1. The first-order valence-electron chi connectivity index (χ1n) is 13.3. The molecule has 5 nitrogen and oxygen atoms in total. The number of fused-ring (bicyclic) bond motifs is 1. The number of esters is 1. The van der Waals surface area contributed by atoms with E-state index >= 15 is 0 Å². The molecule has 33 heavy (non-hydrogen) atoms. The summed E-state index contributed by atoms with van der Waals surface area (Å²) in [6, 6.07) is 0. The highest BCUT2D eigenvalue weighted by atomic mass is 28.4. The second kappa shape index (κ2) is 11.8. The van der Waals surface area contributed by atoms with E-state index in [1.54, 1.807) is 5.57 Å². The Balaban J connectivity index is 1.62. The van der Waals surface area contributed by atoms with E-state index in [0.29, 0.717) is 24.2 Å². The minimum Gasteiger partial charge on any atom is -0.469 e. The first-order chi connectivity index (χ1) is 15.6. The lowest BCUT2D eigenvalue weighted by Crippen LogP contribution is -2.44. The maximum absolute atomic E-state index is 11.4. The lowest BCUT2D eigenvalue weighted by atomic mass is 9.78. The summed E-state index contributed by atoms with van der Waals surface area (Å²) in [6.45, 7) is 13.3. The molecule has 0 aromatic carbocycles. The lowest BCUT2D eigenvalue weighted by Gasteiger charge is -2.39. The molecular weight excluding hydrogens is 432 g/mol. The van der Waals surface area contributed by atoms with Crippen LogP contribution in [0.1, 0.15) is 85.0 Å². The third kappa shape index (κ3) is 7.39. The van der Waals surface area contributed by atoms with Crippen molar-refractivity contribution in [3.63, 3.8) is 0 Å². The van der Waals surface area contributed by atoms with E-state index in [2.05, 4.69) is 39.9 Å². The van der Waals surface area contributed by atoms with E-state index in [9.17, 15) is 4.79 Å². The highest BCUT2D eigenvalue weighted by molar-refractivity contribution is 6.74. The molecular formula is C27H48O5Si. The average Bonchev–Trinajstić information content (AvgIpc) is 3.11. The van der Waals surface area contributed by atoms with Gasteiger partial charge in [-0.3, -0.25) is 4.79 Å². The van der Waals surface area contributed by atoms with Crippen LogP contribution in [0.2, 0.25) is 18.1 Å². The van der Waals surface area contributed by atoms with Crippen LogP contribution in [0.3, 0.4) is 0 Å². The number of hydrogen-bond acceptors (Lipinski definition) is 5. The largest absolute Gasteiger partial charge is 0.469 e. The fourth-order valence-electron chi connectivity index (χ4n) is 5.42. The van der Waals surface area contributed by atoms with Crippen LogP contribution in [0, 0.1) is 17.8 Å². The molecule has 190 valence electrons. The van der Waals surface area contributed by atoms with Crippen molar-refractivity contribution in [1.29, 1.82) is 0 Å². The first-order valence-corrected chi connectivity index (χ1v) is 16.2. The topological polar surface area (TPSA) is 54.0 Å². The molecule has 1 saturated carbocycles. The molecule has 1 saturated heterocycles. The van der Waals surface area contributed by atoms with Gasteiger partial charge in [0.1, 0.15) is 0 Å². The summed E-state index contributed by atoms with van der Waals surface area (Å²) in [7, 11) is -0.332. The van der Waals surface area contributed by atoms with Crippen molar-refractivity contribution in [2.24, 2.45) is 17.8 Å². The number of ether oxygens (including phenoxy) is 3. The van der Waals surface area contributed by atoms with Gasteiger partial charge >= 0.3 is 5.97 Å². The van der Waals surface area contributed by atoms with Crippen LogP contribution in [0.25, 0.3) is 0 Å². The van der Waals surface area contributed by atoms with Crippen LogP contribution < -0.4 is 0 Å². The van der Waals surface area contributed by atoms with Crippen LogP contribution >= 0.6 is 0 Å². The summed E-state index contributed by atoms with van der Waals surface area (Å²) in [5, 5.41) is 0.220. The Morgan fingerprint density at radius 3 is 2.64 bits per heavy atom. The molecule has 0 spiro atoms. The summed E-state index contributed by atoms with van der Waals surface area (Å²) in [5.41, 5.74) is 1.57. The molecule has 5 atom stereocenters. The highest BCUT2D eigenvalue weighted by Gasteiger charge is 2.47. The zero-order chi connectivity index (χ0) is 24.1. The molecule has 0 aromatic heterocycles.